The summed E-state index contributed by atoms with van der Waals surface area (Å²) in [6.07, 6.45) is 4.11. The lowest BCUT2D eigenvalue weighted by Crippen LogP contribution is -2.30. The van der Waals surface area contributed by atoms with Crippen LogP contribution in [0.1, 0.15) is 49.3 Å². The van der Waals surface area contributed by atoms with Gasteiger partial charge in [-0.3, -0.25) is 0 Å². The molecule has 0 radical (unpaired) electrons. The molecule has 0 spiro atoms. The molecule has 1 aliphatic carbocycles. The number of ether oxygens (including phenoxy) is 1. The van der Waals surface area contributed by atoms with Crippen LogP contribution in [-0.2, 0) is 11.3 Å². The number of methoxy groups -OCH3 is 1. The summed E-state index contributed by atoms with van der Waals surface area (Å²) in [5, 5.41) is 20.1. The van der Waals surface area contributed by atoms with E-state index in [-0.39, 0.29) is 0 Å². The van der Waals surface area contributed by atoms with Gasteiger partial charge >= 0.3 is 0 Å². The first-order chi connectivity index (χ1) is 9.22. The smallest absolute Gasteiger partial charge is 0.0976 e. The fraction of sp³-hybridized carbons (Fsp3) is 0.562. The molecule has 19 heavy (non-hydrogen) atoms. The Bertz CT molecular complexity index is 458. The van der Waals surface area contributed by atoms with Gasteiger partial charge in [0.15, 0.2) is 0 Å². The van der Waals surface area contributed by atoms with Gasteiger partial charge in [0.05, 0.1) is 24.2 Å². The highest BCUT2D eigenvalue weighted by Gasteiger charge is 2.40. The van der Waals surface area contributed by atoms with Crippen molar-refractivity contribution in [3.8, 4) is 6.07 Å². The maximum atomic E-state index is 10.6. The molecule has 1 atom stereocenters. The summed E-state index contributed by atoms with van der Waals surface area (Å²) in [5.41, 5.74) is 1.25. The molecule has 1 fully saturated rings. The van der Waals surface area contributed by atoms with Crippen LogP contribution in [0.4, 0.5) is 0 Å². The van der Waals surface area contributed by atoms with Crippen molar-refractivity contribution in [1.29, 1.82) is 5.26 Å². The van der Waals surface area contributed by atoms with E-state index in [1.165, 1.54) is 6.42 Å². The molecule has 1 N–H and O–H groups in total. The second kappa shape index (κ2) is 6.18. The Kier molecular flexibility index (Phi) is 4.57. The highest BCUT2D eigenvalue weighted by Crippen LogP contribution is 2.45. The van der Waals surface area contributed by atoms with Crippen LogP contribution in [0.25, 0.3) is 0 Å². The third-order valence-corrected chi connectivity index (χ3v) is 4.07. The van der Waals surface area contributed by atoms with Crippen LogP contribution in [0.15, 0.2) is 24.3 Å². The molecular formula is C16H21NO2. The number of nitrogens with zero attached hydrogens (tertiary/aromatic N) is 1. The second-order valence-corrected chi connectivity index (χ2v) is 5.41. The first-order valence-electron chi connectivity index (χ1n) is 6.89. The van der Waals surface area contributed by atoms with E-state index >= 15 is 0 Å². The zero-order chi connectivity index (χ0) is 13.7. The van der Waals surface area contributed by atoms with Crippen LogP contribution in [0.3, 0.4) is 0 Å². The average Bonchev–Trinajstić information content (AvgIpc) is 2.48. The van der Waals surface area contributed by atoms with Crippen molar-refractivity contribution < 1.29 is 9.84 Å². The quantitative estimate of drug-likeness (QED) is 0.902. The van der Waals surface area contributed by atoms with Gasteiger partial charge in [-0.1, -0.05) is 43.5 Å². The lowest BCUT2D eigenvalue weighted by molar-refractivity contribution is 0.0358. The van der Waals surface area contributed by atoms with Crippen LogP contribution in [-0.4, -0.2) is 12.2 Å². The van der Waals surface area contributed by atoms with E-state index in [2.05, 4.69) is 6.07 Å². The van der Waals surface area contributed by atoms with Gasteiger partial charge in [-0.25, -0.2) is 0 Å². The standard InChI is InChI=1S/C16H21NO2/c1-19-11-13-6-5-7-14(10-13)15(18)16(12-17)8-3-2-4-9-16/h5-7,10,15,18H,2-4,8-9,11H2,1H3. The van der Waals surface area contributed by atoms with E-state index in [4.69, 9.17) is 4.74 Å². The molecule has 1 saturated carbocycles. The molecule has 0 aliphatic heterocycles. The van der Waals surface area contributed by atoms with Crippen LogP contribution in [0, 0.1) is 16.7 Å². The number of nitriles is 1. The molecule has 1 aromatic carbocycles. The van der Waals surface area contributed by atoms with E-state index in [1.807, 2.05) is 24.3 Å². The van der Waals surface area contributed by atoms with Gasteiger partial charge in [0.1, 0.15) is 0 Å². The van der Waals surface area contributed by atoms with Gasteiger partial charge in [0.2, 0.25) is 0 Å². The van der Waals surface area contributed by atoms with Gasteiger partial charge in [-0.05, 0) is 24.0 Å². The summed E-state index contributed by atoms with van der Waals surface area (Å²) >= 11 is 0. The van der Waals surface area contributed by atoms with Crippen molar-refractivity contribution in [3.05, 3.63) is 35.4 Å². The number of aliphatic hydroxyl groups is 1. The normalized spacial score (nSPS) is 19.6. The SMILES string of the molecule is COCc1cccc(C(O)C2(C#N)CCCCC2)c1. The molecular weight excluding hydrogens is 238 g/mol. The van der Waals surface area contributed by atoms with Crippen molar-refractivity contribution in [2.24, 2.45) is 5.41 Å². The maximum Gasteiger partial charge on any atom is 0.0976 e. The molecule has 1 unspecified atom stereocenters. The summed E-state index contributed by atoms with van der Waals surface area (Å²) in [7, 11) is 1.65. The molecule has 0 saturated heterocycles. The van der Waals surface area contributed by atoms with E-state index in [0.717, 1.165) is 36.8 Å². The number of hydrogen-bond donors (Lipinski definition) is 1. The molecule has 0 bridgehead atoms. The topological polar surface area (TPSA) is 53.2 Å². The minimum Gasteiger partial charge on any atom is -0.387 e. The van der Waals surface area contributed by atoms with Crippen molar-refractivity contribution in [1.82, 2.24) is 0 Å². The fourth-order valence-electron chi connectivity index (χ4n) is 2.97. The number of aliphatic hydroxyl groups excluding tert-OH is 1. The predicted octanol–water partition coefficient (Wildman–Crippen LogP) is 3.34. The van der Waals surface area contributed by atoms with Gasteiger partial charge in [0.25, 0.3) is 0 Å². The van der Waals surface area contributed by atoms with Gasteiger partial charge < -0.3 is 9.84 Å². The van der Waals surface area contributed by atoms with Crippen molar-refractivity contribution in [2.45, 2.75) is 44.8 Å². The molecule has 1 aliphatic rings. The zero-order valence-electron chi connectivity index (χ0n) is 11.4. The lowest BCUT2D eigenvalue weighted by atomic mass is 9.69. The minimum absolute atomic E-state index is 0.528. The summed E-state index contributed by atoms with van der Waals surface area (Å²) in [4.78, 5) is 0. The summed E-state index contributed by atoms with van der Waals surface area (Å²) < 4.78 is 5.11. The minimum atomic E-state index is -0.699. The third kappa shape index (κ3) is 2.97. The molecule has 0 amide bonds. The van der Waals surface area contributed by atoms with Crippen LogP contribution >= 0.6 is 0 Å². The first-order valence-corrected chi connectivity index (χ1v) is 6.89. The number of rotatable bonds is 4. The van der Waals surface area contributed by atoms with Crippen molar-refractivity contribution >= 4 is 0 Å². The largest absolute Gasteiger partial charge is 0.387 e. The molecule has 3 heteroatoms. The third-order valence-electron chi connectivity index (χ3n) is 4.07. The summed E-state index contributed by atoms with van der Waals surface area (Å²) in [6, 6.07) is 10.1. The van der Waals surface area contributed by atoms with E-state index < -0.39 is 11.5 Å². The summed E-state index contributed by atoms with van der Waals surface area (Å²) in [5.74, 6) is 0. The van der Waals surface area contributed by atoms with Gasteiger partial charge in [-0.2, -0.15) is 5.26 Å². The van der Waals surface area contributed by atoms with Crippen LogP contribution < -0.4 is 0 Å². The van der Waals surface area contributed by atoms with Gasteiger partial charge in [-0.15, -0.1) is 0 Å². The van der Waals surface area contributed by atoms with Gasteiger partial charge in [0, 0.05) is 7.11 Å². The second-order valence-electron chi connectivity index (χ2n) is 5.41. The number of hydrogen-bond acceptors (Lipinski definition) is 3. The predicted molar refractivity (Wildman–Crippen MR) is 73.2 cm³/mol. The summed E-state index contributed by atoms with van der Waals surface area (Å²) in [6.45, 7) is 0.528. The van der Waals surface area contributed by atoms with Crippen molar-refractivity contribution in [3.63, 3.8) is 0 Å². The number of benzene rings is 1. The Labute approximate surface area is 114 Å². The molecule has 2 rings (SSSR count). The molecule has 3 nitrogen and oxygen atoms in total. The Hall–Kier alpha value is -1.37. The maximum absolute atomic E-state index is 10.6. The fourth-order valence-corrected chi connectivity index (χ4v) is 2.97. The Balaban J connectivity index is 2.24. The van der Waals surface area contributed by atoms with E-state index in [0.29, 0.717) is 6.61 Å². The average molecular weight is 259 g/mol. The van der Waals surface area contributed by atoms with E-state index in [9.17, 15) is 10.4 Å². The van der Waals surface area contributed by atoms with Crippen LogP contribution in [0.2, 0.25) is 0 Å². The Morgan fingerprint density at radius 3 is 2.74 bits per heavy atom. The van der Waals surface area contributed by atoms with Crippen molar-refractivity contribution in [2.75, 3.05) is 7.11 Å². The molecule has 0 aromatic heterocycles. The molecule has 1 aromatic rings. The Morgan fingerprint density at radius 2 is 2.11 bits per heavy atom. The monoisotopic (exact) mass is 259 g/mol. The first kappa shape index (κ1) is 14.0. The highest BCUT2D eigenvalue weighted by molar-refractivity contribution is 5.28. The molecule has 0 heterocycles. The van der Waals surface area contributed by atoms with Crippen LogP contribution in [0.5, 0.6) is 0 Å². The molecule has 102 valence electrons. The zero-order valence-corrected chi connectivity index (χ0v) is 11.4. The lowest BCUT2D eigenvalue weighted by Gasteiger charge is -2.35. The van der Waals surface area contributed by atoms with E-state index in [1.54, 1.807) is 7.11 Å². The highest BCUT2D eigenvalue weighted by atomic mass is 16.5. The Morgan fingerprint density at radius 1 is 1.37 bits per heavy atom.